The Kier molecular flexibility index (Phi) is 4.65. The number of nitrogens with one attached hydrogen (secondary N) is 1. The van der Waals surface area contributed by atoms with Crippen molar-refractivity contribution in [2.45, 2.75) is 6.42 Å². The summed E-state index contributed by atoms with van der Waals surface area (Å²) >= 11 is 5.55. The van der Waals surface area contributed by atoms with E-state index in [1.165, 1.54) is 0 Å². The van der Waals surface area contributed by atoms with E-state index in [4.69, 9.17) is 16.0 Å². The van der Waals surface area contributed by atoms with E-state index >= 15 is 0 Å². The van der Waals surface area contributed by atoms with Crippen LogP contribution in [0.5, 0.6) is 0 Å². The second kappa shape index (κ2) is 5.78. The molecule has 0 saturated carbocycles. The van der Waals surface area contributed by atoms with Gasteiger partial charge in [-0.3, -0.25) is 4.79 Å². The second-order valence-corrected chi connectivity index (χ2v) is 3.89. The largest absolute Gasteiger partial charge is 0.440 e. The Bertz CT molecular complexity index is 323. The number of carbonyl (C=O) groups is 1. The van der Waals surface area contributed by atoms with Crippen molar-refractivity contribution in [1.82, 2.24) is 10.2 Å². The van der Waals surface area contributed by atoms with Crippen LogP contribution in [0.25, 0.3) is 0 Å². The van der Waals surface area contributed by atoms with Crippen molar-refractivity contribution in [1.29, 1.82) is 0 Å². The van der Waals surface area contributed by atoms with E-state index in [2.05, 4.69) is 10.2 Å². The first-order valence-corrected chi connectivity index (χ1v) is 5.15. The zero-order valence-corrected chi connectivity index (χ0v) is 9.67. The number of halogens is 1. The number of carbonyl (C=O) groups excluding carboxylic acids is 1. The summed E-state index contributed by atoms with van der Waals surface area (Å²) in [5.74, 6) is 0.0329. The zero-order chi connectivity index (χ0) is 11.3. The van der Waals surface area contributed by atoms with Crippen molar-refractivity contribution < 1.29 is 9.21 Å². The predicted molar refractivity (Wildman–Crippen MR) is 59.2 cm³/mol. The van der Waals surface area contributed by atoms with Crippen LogP contribution >= 0.6 is 11.6 Å². The van der Waals surface area contributed by atoms with Crippen LogP contribution in [0.1, 0.15) is 17.0 Å². The molecule has 5 heteroatoms. The Balaban J connectivity index is 2.25. The van der Waals surface area contributed by atoms with Gasteiger partial charge in [0, 0.05) is 6.54 Å². The molecule has 0 fully saturated rings. The Morgan fingerprint density at radius 3 is 2.80 bits per heavy atom. The monoisotopic (exact) mass is 230 g/mol. The molecule has 1 amide bonds. The first kappa shape index (κ1) is 12.1. The average molecular weight is 231 g/mol. The predicted octanol–water partition coefficient (Wildman–Crippen LogP) is 1.61. The van der Waals surface area contributed by atoms with Crippen molar-refractivity contribution in [3.63, 3.8) is 0 Å². The van der Waals surface area contributed by atoms with Gasteiger partial charge in [0.1, 0.15) is 0 Å². The fourth-order valence-electron chi connectivity index (χ4n) is 1.12. The molecule has 0 aliphatic carbocycles. The zero-order valence-electron chi connectivity index (χ0n) is 8.92. The van der Waals surface area contributed by atoms with Gasteiger partial charge in [-0.1, -0.05) is 0 Å². The van der Waals surface area contributed by atoms with Crippen LogP contribution in [0.15, 0.2) is 16.5 Å². The van der Waals surface area contributed by atoms with E-state index in [1.54, 1.807) is 12.1 Å². The van der Waals surface area contributed by atoms with Gasteiger partial charge in [-0.2, -0.15) is 0 Å². The maximum absolute atomic E-state index is 11.4. The molecule has 0 aliphatic rings. The molecule has 0 atom stereocenters. The third-order valence-electron chi connectivity index (χ3n) is 1.86. The maximum atomic E-state index is 11.4. The average Bonchev–Trinajstić information content (AvgIpc) is 2.59. The van der Waals surface area contributed by atoms with Crippen LogP contribution in [0.3, 0.4) is 0 Å². The Labute approximate surface area is 94.2 Å². The van der Waals surface area contributed by atoms with Crippen molar-refractivity contribution in [3.8, 4) is 0 Å². The van der Waals surface area contributed by atoms with Crippen LogP contribution < -0.4 is 5.32 Å². The van der Waals surface area contributed by atoms with E-state index in [-0.39, 0.29) is 16.9 Å². The van der Waals surface area contributed by atoms with Crippen molar-refractivity contribution in [2.24, 2.45) is 0 Å². The first-order valence-electron chi connectivity index (χ1n) is 4.78. The first-order chi connectivity index (χ1) is 7.09. The lowest BCUT2D eigenvalue weighted by atomic mass is 10.3. The van der Waals surface area contributed by atoms with Crippen molar-refractivity contribution in [2.75, 3.05) is 27.2 Å². The summed E-state index contributed by atoms with van der Waals surface area (Å²) in [4.78, 5) is 13.5. The van der Waals surface area contributed by atoms with E-state index in [9.17, 15) is 4.79 Å². The molecule has 1 N–H and O–H groups in total. The number of rotatable bonds is 5. The molecule has 84 valence electrons. The van der Waals surface area contributed by atoms with Gasteiger partial charge in [0.2, 0.25) is 0 Å². The molecule has 1 aromatic rings. The van der Waals surface area contributed by atoms with Crippen LogP contribution in [0.2, 0.25) is 5.22 Å². The fraction of sp³-hybridized carbons (Fsp3) is 0.500. The van der Waals surface area contributed by atoms with E-state index < -0.39 is 0 Å². The highest BCUT2D eigenvalue weighted by atomic mass is 35.5. The molecule has 15 heavy (non-hydrogen) atoms. The molecule has 0 aliphatic heterocycles. The molecule has 1 rings (SSSR count). The second-order valence-electron chi connectivity index (χ2n) is 3.52. The van der Waals surface area contributed by atoms with Gasteiger partial charge in [0.25, 0.3) is 5.91 Å². The summed E-state index contributed by atoms with van der Waals surface area (Å²) in [5.41, 5.74) is 0. The normalized spacial score (nSPS) is 10.7. The van der Waals surface area contributed by atoms with E-state index in [0.29, 0.717) is 6.54 Å². The van der Waals surface area contributed by atoms with Gasteiger partial charge in [0.05, 0.1) is 0 Å². The molecular formula is C10H15ClN2O2. The van der Waals surface area contributed by atoms with Crippen LogP contribution in [-0.2, 0) is 0 Å². The summed E-state index contributed by atoms with van der Waals surface area (Å²) in [5, 5.41) is 2.98. The molecule has 0 radical (unpaired) electrons. The van der Waals surface area contributed by atoms with Gasteiger partial charge in [-0.05, 0) is 50.8 Å². The molecule has 1 aromatic heterocycles. The van der Waals surface area contributed by atoms with Crippen LogP contribution in [-0.4, -0.2) is 38.0 Å². The van der Waals surface area contributed by atoms with Gasteiger partial charge < -0.3 is 14.6 Å². The minimum absolute atomic E-state index is 0.222. The van der Waals surface area contributed by atoms with Gasteiger partial charge in [0.15, 0.2) is 11.0 Å². The lowest BCUT2D eigenvalue weighted by Crippen LogP contribution is -2.26. The number of furan rings is 1. The lowest BCUT2D eigenvalue weighted by molar-refractivity contribution is 0.0924. The number of amides is 1. The molecular weight excluding hydrogens is 216 g/mol. The van der Waals surface area contributed by atoms with Gasteiger partial charge in [-0.15, -0.1) is 0 Å². The summed E-state index contributed by atoms with van der Waals surface area (Å²) in [6, 6.07) is 3.11. The number of nitrogens with zero attached hydrogens (tertiary/aromatic N) is 1. The molecule has 0 saturated heterocycles. The molecule has 0 unspecified atom stereocenters. The van der Waals surface area contributed by atoms with Crippen molar-refractivity contribution >= 4 is 17.5 Å². The Morgan fingerprint density at radius 2 is 2.27 bits per heavy atom. The van der Waals surface area contributed by atoms with E-state index in [1.807, 2.05) is 14.1 Å². The maximum Gasteiger partial charge on any atom is 0.287 e. The van der Waals surface area contributed by atoms with Crippen LogP contribution in [0.4, 0.5) is 0 Å². The van der Waals surface area contributed by atoms with Gasteiger partial charge in [-0.25, -0.2) is 0 Å². The molecule has 0 aromatic carbocycles. The summed E-state index contributed by atoms with van der Waals surface area (Å²) in [6.45, 7) is 1.58. The Morgan fingerprint density at radius 1 is 1.53 bits per heavy atom. The number of hydrogen-bond donors (Lipinski definition) is 1. The highest BCUT2D eigenvalue weighted by Crippen LogP contribution is 2.12. The summed E-state index contributed by atoms with van der Waals surface area (Å²) < 4.78 is 4.97. The lowest BCUT2D eigenvalue weighted by Gasteiger charge is -2.08. The Hall–Kier alpha value is -1.00. The van der Waals surface area contributed by atoms with Crippen LogP contribution in [0, 0.1) is 0 Å². The highest BCUT2D eigenvalue weighted by Gasteiger charge is 2.08. The molecule has 4 nitrogen and oxygen atoms in total. The molecule has 0 bridgehead atoms. The summed E-state index contributed by atoms with van der Waals surface area (Å²) in [6.07, 6.45) is 0.910. The third-order valence-corrected chi connectivity index (χ3v) is 2.07. The molecule has 1 heterocycles. The fourth-order valence-corrected chi connectivity index (χ4v) is 1.27. The SMILES string of the molecule is CN(C)CCCNC(=O)c1ccc(Cl)o1. The third kappa shape index (κ3) is 4.36. The van der Waals surface area contributed by atoms with E-state index in [0.717, 1.165) is 13.0 Å². The minimum Gasteiger partial charge on any atom is -0.440 e. The summed E-state index contributed by atoms with van der Waals surface area (Å²) in [7, 11) is 3.99. The van der Waals surface area contributed by atoms with Crippen molar-refractivity contribution in [3.05, 3.63) is 23.1 Å². The molecule has 0 spiro atoms. The van der Waals surface area contributed by atoms with Gasteiger partial charge >= 0.3 is 0 Å². The quantitative estimate of drug-likeness (QED) is 0.782. The smallest absolute Gasteiger partial charge is 0.287 e. The standard InChI is InChI=1S/C10H15ClN2O2/c1-13(2)7-3-6-12-10(14)8-4-5-9(11)15-8/h4-5H,3,6-7H2,1-2H3,(H,12,14). The number of hydrogen-bond acceptors (Lipinski definition) is 3. The topological polar surface area (TPSA) is 45.5 Å². The minimum atomic E-state index is -0.222. The highest BCUT2D eigenvalue weighted by molar-refractivity contribution is 6.29.